The van der Waals surface area contributed by atoms with E-state index in [2.05, 4.69) is 25.7 Å². The number of carbonyl (C=O) groups is 1. The third kappa shape index (κ3) is 3.21. The number of rotatable bonds is 4. The molecule has 0 aromatic rings. The molecule has 16 heavy (non-hydrogen) atoms. The van der Waals surface area contributed by atoms with Crippen LogP contribution >= 0.6 is 0 Å². The number of likely N-dealkylation sites (tertiary alicyclic amines) is 1. The first-order chi connectivity index (χ1) is 7.35. The first kappa shape index (κ1) is 13.5. The largest absolute Gasteiger partial charge is 0.481 e. The lowest BCUT2D eigenvalue weighted by atomic mass is 9.81. The van der Waals surface area contributed by atoms with Crippen molar-refractivity contribution < 1.29 is 9.90 Å². The Morgan fingerprint density at radius 2 is 2.06 bits per heavy atom. The van der Waals surface area contributed by atoms with Gasteiger partial charge in [-0.3, -0.25) is 9.69 Å². The van der Waals surface area contributed by atoms with Crippen molar-refractivity contribution in [1.82, 2.24) is 4.90 Å². The van der Waals surface area contributed by atoms with Gasteiger partial charge in [-0.25, -0.2) is 0 Å². The predicted molar refractivity (Wildman–Crippen MR) is 65.5 cm³/mol. The third-order valence-electron chi connectivity index (χ3n) is 3.68. The van der Waals surface area contributed by atoms with Crippen LogP contribution in [0.2, 0.25) is 0 Å². The monoisotopic (exact) mass is 227 g/mol. The summed E-state index contributed by atoms with van der Waals surface area (Å²) in [6.45, 7) is 10.3. The van der Waals surface area contributed by atoms with Gasteiger partial charge in [0.05, 0.1) is 5.41 Å². The van der Waals surface area contributed by atoms with E-state index in [4.69, 9.17) is 0 Å². The molecule has 3 nitrogen and oxygen atoms in total. The van der Waals surface area contributed by atoms with Gasteiger partial charge in [-0.05, 0) is 45.6 Å². The van der Waals surface area contributed by atoms with Gasteiger partial charge in [0.2, 0.25) is 0 Å². The Kier molecular flexibility index (Phi) is 4.36. The summed E-state index contributed by atoms with van der Waals surface area (Å²) in [4.78, 5) is 13.6. The molecule has 0 radical (unpaired) electrons. The fraction of sp³-hybridized carbons (Fsp3) is 0.923. The van der Waals surface area contributed by atoms with Gasteiger partial charge in [0, 0.05) is 12.6 Å². The molecule has 2 atom stereocenters. The van der Waals surface area contributed by atoms with E-state index >= 15 is 0 Å². The quantitative estimate of drug-likeness (QED) is 0.802. The van der Waals surface area contributed by atoms with Crippen LogP contribution in [0.3, 0.4) is 0 Å². The summed E-state index contributed by atoms with van der Waals surface area (Å²) in [5.41, 5.74) is -0.538. The molecule has 3 heteroatoms. The SMILES string of the molecule is CC(C)CC(C)N1CCCC(C)(C(=O)O)C1. The minimum Gasteiger partial charge on any atom is -0.481 e. The molecule has 0 amide bonds. The van der Waals surface area contributed by atoms with Crippen LogP contribution in [0.4, 0.5) is 0 Å². The van der Waals surface area contributed by atoms with Crippen LogP contribution in [-0.2, 0) is 4.79 Å². The van der Waals surface area contributed by atoms with E-state index in [1.165, 1.54) is 0 Å². The summed E-state index contributed by atoms with van der Waals surface area (Å²) in [7, 11) is 0. The van der Waals surface area contributed by atoms with Crippen LogP contribution in [0.5, 0.6) is 0 Å². The lowest BCUT2D eigenvalue weighted by Gasteiger charge is -2.41. The second-order valence-electron chi connectivity index (χ2n) is 5.92. The van der Waals surface area contributed by atoms with Crippen molar-refractivity contribution in [3.63, 3.8) is 0 Å². The van der Waals surface area contributed by atoms with E-state index in [9.17, 15) is 9.90 Å². The molecule has 0 aromatic carbocycles. The third-order valence-corrected chi connectivity index (χ3v) is 3.68. The highest BCUT2D eigenvalue weighted by molar-refractivity contribution is 5.74. The van der Waals surface area contributed by atoms with Crippen molar-refractivity contribution in [2.24, 2.45) is 11.3 Å². The number of carboxylic acid groups (broad SMARTS) is 1. The highest BCUT2D eigenvalue weighted by Gasteiger charge is 2.38. The first-order valence-electron chi connectivity index (χ1n) is 6.32. The number of aliphatic carboxylic acids is 1. The Labute approximate surface area is 98.8 Å². The Balaban J connectivity index is 2.59. The second-order valence-corrected chi connectivity index (χ2v) is 5.92. The fourth-order valence-electron chi connectivity index (χ4n) is 2.66. The van der Waals surface area contributed by atoms with E-state index in [1.807, 2.05) is 6.92 Å². The van der Waals surface area contributed by atoms with Crippen LogP contribution in [0.1, 0.15) is 47.0 Å². The highest BCUT2D eigenvalue weighted by Crippen LogP contribution is 2.31. The summed E-state index contributed by atoms with van der Waals surface area (Å²) < 4.78 is 0. The topological polar surface area (TPSA) is 40.5 Å². The minimum atomic E-state index is -0.644. The van der Waals surface area contributed by atoms with Gasteiger partial charge in [0.15, 0.2) is 0 Å². The van der Waals surface area contributed by atoms with Gasteiger partial charge < -0.3 is 5.11 Å². The van der Waals surface area contributed by atoms with E-state index in [-0.39, 0.29) is 0 Å². The number of hydrogen-bond acceptors (Lipinski definition) is 2. The molecule has 0 aliphatic carbocycles. The maximum atomic E-state index is 11.2. The van der Waals surface area contributed by atoms with Gasteiger partial charge in [-0.2, -0.15) is 0 Å². The maximum Gasteiger partial charge on any atom is 0.310 e. The number of carboxylic acids is 1. The summed E-state index contributed by atoms with van der Waals surface area (Å²) in [5, 5.41) is 9.25. The normalized spacial score (nSPS) is 29.3. The van der Waals surface area contributed by atoms with E-state index < -0.39 is 11.4 Å². The molecule has 2 unspecified atom stereocenters. The maximum absolute atomic E-state index is 11.2. The Hall–Kier alpha value is -0.570. The molecule has 1 aliphatic heterocycles. The highest BCUT2D eigenvalue weighted by atomic mass is 16.4. The molecule has 1 rings (SSSR count). The molecule has 0 spiro atoms. The Morgan fingerprint density at radius 1 is 1.44 bits per heavy atom. The lowest BCUT2D eigenvalue weighted by molar-refractivity contribution is -0.151. The Morgan fingerprint density at radius 3 is 2.56 bits per heavy atom. The average Bonchev–Trinajstić information content (AvgIpc) is 2.16. The number of hydrogen-bond donors (Lipinski definition) is 1. The van der Waals surface area contributed by atoms with Crippen LogP contribution in [-0.4, -0.2) is 35.1 Å². The molecular weight excluding hydrogens is 202 g/mol. The van der Waals surface area contributed by atoms with Crippen LogP contribution in [0.25, 0.3) is 0 Å². The summed E-state index contributed by atoms with van der Waals surface area (Å²) in [5.74, 6) is 0.0296. The molecule has 0 saturated carbocycles. The molecule has 1 saturated heterocycles. The first-order valence-corrected chi connectivity index (χ1v) is 6.32. The van der Waals surface area contributed by atoms with Crippen molar-refractivity contribution >= 4 is 5.97 Å². The zero-order valence-electron chi connectivity index (χ0n) is 11.0. The zero-order valence-corrected chi connectivity index (χ0v) is 11.0. The molecule has 0 bridgehead atoms. The molecule has 1 fully saturated rings. The standard InChI is InChI=1S/C13H25NO2/c1-10(2)8-11(3)14-7-5-6-13(4,9-14)12(15)16/h10-11H,5-9H2,1-4H3,(H,15,16). The number of piperidine rings is 1. The molecule has 94 valence electrons. The van der Waals surface area contributed by atoms with E-state index in [0.717, 1.165) is 25.8 Å². The van der Waals surface area contributed by atoms with Gasteiger partial charge in [0.1, 0.15) is 0 Å². The van der Waals surface area contributed by atoms with Crippen LogP contribution in [0.15, 0.2) is 0 Å². The van der Waals surface area contributed by atoms with Crippen molar-refractivity contribution in [3.05, 3.63) is 0 Å². The minimum absolute atomic E-state index is 0.499. The molecular formula is C13H25NO2. The molecule has 1 aliphatic rings. The summed E-state index contributed by atoms with van der Waals surface area (Å²) >= 11 is 0. The van der Waals surface area contributed by atoms with Crippen molar-refractivity contribution in [1.29, 1.82) is 0 Å². The van der Waals surface area contributed by atoms with Crippen LogP contribution < -0.4 is 0 Å². The van der Waals surface area contributed by atoms with Crippen molar-refractivity contribution in [2.75, 3.05) is 13.1 Å². The summed E-state index contributed by atoms with van der Waals surface area (Å²) in [6.07, 6.45) is 2.97. The van der Waals surface area contributed by atoms with Crippen molar-refractivity contribution in [2.45, 2.75) is 53.0 Å². The van der Waals surface area contributed by atoms with E-state index in [1.54, 1.807) is 0 Å². The van der Waals surface area contributed by atoms with Crippen molar-refractivity contribution in [3.8, 4) is 0 Å². The lowest BCUT2D eigenvalue weighted by Crippen LogP contribution is -2.49. The summed E-state index contributed by atoms with van der Waals surface area (Å²) in [6, 6.07) is 0.499. The van der Waals surface area contributed by atoms with Gasteiger partial charge in [-0.15, -0.1) is 0 Å². The fourth-order valence-corrected chi connectivity index (χ4v) is 2.66. The van der Waals surface area contributed by atoms with Gasteiger partial charge in [-0.1, -0.05) is 13.8 Å². The molecule has 0 aromatic heterocycles. The zero-order chi connectivity index (χ0) is 12.3. The van der Waals surface area contributed by atoms with E-state index in [0.29, 0.717) is 18.5 Å². The van der Waals surface area contributed by atoms with Gasteiger partial charge >= 0.3 is 5.97 Å². The predicted octanol–water partition coefficient (Wildman–Crippen LogP) is 2.61. The van der Waals surface area contributed by atoms with Crippen LogP contribution in [0, 0.1) is 11.3 Å². The number of nitrogens with zero attached hydrogens (tertiary/aromatic N) is 1. The van der Waals surface area contributed by atoms with Gasteiger partial charge in [0.25, 0.3) is 0 Å². The Bertz CT molecular complexity index is 252. The molecule has 1 heterocycles. The molecule has 1 N–H and O–H groups in total. The second kappa shape index (κ2) is 5.17. The average molecular weight is 227 g/mol. The smallest absolute Gasteiger partial charge is 0.310 e.